The van der Waals surface area contributed by atoms with Gasteiger partial charge in [-0.1, -0.05) is 41.9 Å². The Balaban J connectivity index is 1.43. The Hall–Kier alpha value is -2.11. The van der Waals surface area contributed by atoms with E-state index in [1.165, 1.54) is 0 Å². The van der Waals surface area contributed by atoms with Gasteiger partial charge in [0.15, 0.2) is 0 Å². The summed E-state index contributed by atoms with van der Waals surface area (Å²) < 4.78 is 5.38. The Morgan fingerprint density at radius 1 is 1.12 bits per heavy atom. The number of rotatable bonds is 4. The van der Waals surface area contributed by atoms with Gasteiger partial charge in [-0.25, -0.2) is 4.79 Å². The molecule has 0 N–H and O–H groups in total. The van der Waals surface area contributed by atoms with Crippen LogP contribution in [0.5, 0.6) is 0 Å². The Morgan fingerprint density at radius 3 is 2.58 bits per heavy atom. The summed E-state index contributed by atoms with van der Waals surface area (Å²) in [5, 5.41) is 0.697. The number of benzene rings is 1. The summed E-state index contributed by atoms with van der Waals surface area (Å²) in [6.07, 6.45) is 1.47. The van der Waals surface area contributed by atoms with Crippen LogP contribution in [0.1, 0.15) is 11.3 Å². The van der Waals surface area contributed by atoms with E-state index in [0.717, 1.165) is 30.9 Å². The summed E-state index contributed by atoms with van der Waals surface area (Å²) >= 11 is 5.98. The van der Waals surface area contributed by atoms with Gasteiger partial charge in [-0.3, -0.25) is 9.88 Å². The van der Waals surface area contributed by atoms with E-state index in [4.69, 9.17) is 16.3 Å². The van der Waals surface area contributed by atoms with Crippen LogP contribution in [0, 0.1) is 0 Å². The van der Waals surface area contributed by atoms with Crippen LogP contribution in [0.25, 0.3) is 0 Å². The highest BCUT2D eigenvalue weighted by Gasteiger charge is 2.22. The summed E-state index contributed by atoms with van der Waals surface area (Å²) in [5.74, 6) is 0. The first kappa shape index (κ1) is 16.7. The fourth-order valence-corrected chi connectivity index (χ4v) is 2.85. The van der Waals surface area contributed by atoms with Gasteiger partial charge in [-0.05, 0) is 17.7 Å². The molecule has 126 valence electrons. The molecule has 1 aromatic carbocycles. The van der Waals surface area contributed by atoms with Crippen LogP contribution in [-0.4, -0.2) is 47.1 Å². The Kier molecular flexibility index (Phi) is 5.67. The van der Waals surface area contributed by atoms with Gasteiger partial charge >= 0.3 is 6.09 Å². The molecule has 24 heavy (non-hydrogen) atoms. The molecule has 0 aliphatic carbocycles. The van der Waals surface area contributed by atoms with Crippen LogP contribution in [0.2, 0.25) is 5.02 Å². The van der Waals surface area contributed by atoms with Crippen molar-refractivity contribution < 1.29 is 9.53 Å². The Morgan fingerprint density at radius 2 is 1.88 bits per heavy atom. The third-order valence-electron chi connectivity index (χ3n) is 4.00. The van der Waals surface area contributed by atoms with Gasteiger partial charge in [0.25, 0.3) is 0 Å². The standard InChI is InChI=1S/C18H20ClN3O2/c19-16-6-7-20-17(12-16)13-21-8-10-22(11-9-21)18(23)24-14-15-4-2-1-3-5-15/h1-7,12H,8-11,13-14H2. The third-order valence-corrected chi connectivity index (χ3v) is 4.23. The molecule has 0 saturated carbocycles. The maximum atomic E-state index is 12.1. The number of amides is 1. The van der Waals surface area contributed by atoms with Crippen LogP contribution in [0.3, 0.4) is 0 Å². The minimum atomic E-state index is -0.251. The lowest BCUT2D eigenvalue weighted by atomic mass is 10.2. The Bertz CT molecular complexity index is 673. The zero-order chi connectivity index (χ0) is 16.8. The number of hydrogen-bond donors (Lipinski definition) is 0. The summed E-state index contributed by atoms with van der Waals surface area (Å²) in [5.41, 5.74) is 1.94. The molecule has 1 amide bonds. The first-order valence-corrected chi connectivity index (χ1v) is 8.37. The van der Waals surface area contributed by atoms with E-state index in [2.05, 4.69) is 9.88 Å². The molecule has 2 heterocycles. The SMILES string of the molecule is O=C(OCc1ccccc1)N1CCN(Cc2cc(Cl)ccn2)CC1. The van der Waals surface area contributed by atoms with Crippen molar-refractivity contribution in [3.8, 4) is 0 Å². The number of carbonyl (C=O) groups excluding carboxylic acids is 1. The minimum Gasteiger partial charge on any atom is -0.445 e. The fourth-order valence-electron chi connectivity index (χ4n) is 2.66. The van der Waals surface area contributed by atoms with Crippen molar-refractivity contribution in [3.63, 3.8) is 0 Å². The molecule has 0 spiro atoms. The van der Waals surface area contributed by atoms with Crippen molar-refractivity contribution in [1.29, 1.82) is 0 Å². The number of pyridine rings is 1. The highest BCUT2D eigenvalue weighted by molar-refractivity contribution is 6.30. The topological polar surface area (TPSA) is 45.7 Å². The van der Waals surface area contributed by atoms with E-state index in [1.54, 1.807) is 17.2 Å². The van der Waals surface area contributed by atoms with Crippen LogP contribution >= 0.6 is 11.6 Å². The molecule has 1 fully saturated rings. The molecule has 1 aliphatic heterocycles. The molecule has 6 heteroatoms. The van der Waals surface area contributed by atoms with Crippen LogP contribution < -0.4 is 0 Å². The second-order valence-electron chi connectivity index (χ2n) is 5.77. The zero-order valence-corrected chi connectivity index (χ0v) is 14.2. The smallest absolute Gasteiger partial charge is 0.410 e. The summed E-state index contributed by atoms with van der Waals surface area (Å²) in [6, 6.07) is 13.4. The van der Waals surface area contributed by atoms with Gasteiger partial charge in [0.05, 0.1) is 5.69 Å². The molecular formula is C18H20ClN3O2. The lowest BCUT2D eigenvalue weighted by Crippen LogP contribution is -2.48. The van der Waals surface area contributed by atoms with Crippen molar-refractivity contribution in [1.82, 2.24) is 14.8 Å². The average molecular weight is 346 g/mol. The number of ether oxygens (including phenoxy) is 1. The van der Waals surface area contributed by atoms with Crippen molar-refractivity contribution in [2.24, 2.45) is 0 Å². The predicted octanol–water partition coefficient (Wildman–Crippen LogP) is 3.19. The van der Waals surface area contributed by atoms with Gasteiger partial charge < -0.3 is 9.64 Å². The van der Waals surface area contributed by atoms with Crippen LogP contribution in [-0.2, 0) is 17.9 Å². The zero-order valence-electron chi connectivity index (χ0n) is 13.4. The van der Waals surface area contributed by atoms with Crippen molar-refractivity contribution >= 4 is 17.7 Å². The molecule has 5 nitrogen and oxygen atoms in total. The van der Waals surface area contributed by atoms with E-state index >= 15 is 0 Å². The van der Waals surface area contributed by atoms with E-state index in [-0.39, 0.29) is 6.09 Å². The van der Waals surface area contributed by atoms with Gasteiger partial charge in [0.2, 0.25) is 0 Å². The molecule has 0 unspecified atom stereocenters. The molecule has 1 saturated heterocycles. The Labute approximate surface area is 146 Å². The lowest BCUT2D eigenvalue weighted by molar-refractivity contribution is 0.0698. The lowest BCUT2D eigenvalue weighted by Gasteiger charge is -2.33. The third kappa shape index (κ3) is 4.69. The molecular weight excluding hydrogens is 326 g/mol. The average Bonchev–Trinajstić information content (AvgIpc) is 2.61. The van der Waals surface area contributed by atoms with Gasteiger partial charge in [-0.15, -0.1) is 0 Å². The van der Waals surface area contributed by atoms with Gasteiger partial charge in [-0.2, -0.15) is 0 Å². The monoisotopic (exact) mass is 345 g/mol. The second-order valence-corrected chi connectivity index (χ2v) is 6.21. The quantitative estimate of drug-likeness (QED) is 0.853. The number of nitrogens with zero attached hydrogens (tertiary/aromatic N) is 3. The van der Waals surface area contributed by atoms with E-state index in [9.17, 15) is 4.79 Å². The molecule has 2 aromatic rings. The summed E-state index contributed by atoms with van der Waals surface area (Å²) in [7, 11) is 0. The number of piperazine rings is 1. The maximum Gasteiger partial charge on any atom is 0.410 e. The predicted molar refractivity (Wildman–Crippen MR) is 92.7 cm³/mol. The molecule has 0 radical (unpaired) electrons. The van der Waals surface area contributed by atoms with Crippen molar-refractivity contribution in [3.05, 3.63) is 64.9 Å². The molecule has 1 aliphatic rings. The molecule has 1 aromatic heterocycles. The largest absolute Gasteiger partial charge is 0.445 e. The number of hydrogen-bond acceptors (Lipinski definition) is 4. The van der Waals surface area contributed by atoms with Crippen molar-refractivity contribution in [2.75, 3.05) is 26.2 Å². The summed E-state index contributed by atoms with van der Waals surface area (Å²) in [6.45, 7) is 3.98. The minimum absolute atomic E-state index is 0.251. The van der Waals surface area contributed by atoms with Gasteiger partial charge in [0, 0.05) is 43.9 Å². The number of halogens is 1. The first-order valence-electron chi connectivity index (χ1n) is 7.99. The van der Waals surface area contributed by atoms with Crippen LogP contribution in [0.15, 0.2) is 48.7 Å². The first-order chi connectivity index (χ1) is 11.7. The molecule has 0 bridgehead atoms. The number of carbonyl (C=O) groups is 1. The molecule has 0 atom stereocenters. The normalized spacial score (nSPS) is 15.3. The van der Waals surface area contributed by atoms with E-state index < -0.39 is 0 Å². The van der Waals surface area contributed by atoms with Crippen LogP contribution in [0.4, 0.5) is 4.79 Å². The van der Waals surface area contributed by atoms with E-state index in [0.29, 0.717) is 24.7 Å². The fraction of sp³-hybridized carbons (Fsp3) is 0.333. The van der Waals surface area contributed by atoms with E-state index in [1.807, 2.05) is 36.4 Å². The molecule has 3 rings (SSSR count). The second kappa shape index (κ2) is 8.13. The highest BCUT2D eigenvalue weighted by Crippen LogP contribution is 2.12. The highest BCUT2D eigenvalue weighted by atomic mass is 35.5. The number of aromatic nitrogens is 1. The van der Waals surface area contributed by atoms with Crippen molar-refractivity contribution in [2.45, 2.75) is 13.2 Å². The van der Waals surface area contributed by atoms with Gasteiger partial charge in [0.1, 0.15) is 6.61 Å². The maximum absolute atomic E-state index is 12.1. The summed E-state index contributed by atoms with van der Waals surface area (Å²) in [4.78, 5) is 20.5.